The first-order valence-electron chi connectivity index (χ1n) is 4.79. The Labute approximate surface area is 92.5 Å². The number of aromatic nitrogens is 1. The van der Waals surface area contributed by atoms with Gasteiger partial charge in [0.15, 0.2) is 0 Å². The number of rotatable bonds is 5. The topological polar surface area (TPSA) is 105 Å². The first-order chi connectivity index (χ1) is 7.54. The molecule has 0 aromatic carbocycles. The van der Waals surface area contributed by atoms with Crippen LogP contribution < -0.4 is 11.1 Å². The minimum atomic E-state index is -0.941. The van der Waals surface area contributed by atoms with Crippen molar-refractivity contribution >= 4 is 17.7 Å². The molecule has 1 amide bonds. The van der Waals surface area contributed by atoms with E-state index in [1.54, 1.807) is 6.92 Å². The number of pyridine rings is 1. The zero-order chi connectivity index (χ0) is 12.1. The standard InChI is InChI=1S/C10H13N3O3/c1-2-7(10(15)16)13-8-4-3-6(5-12-8)9(11)14/h3-5,7H,2H2,1H3,(H2,11,14)(H,12,13)(H,15,16). The molecule has 86 valence electrons. The largest absolute Gasteiger partial charge is 0.480 e. The highest BCUT2D eigenvalue weighted by Gasteiger charge is 2.14. The zero-order valence-electron chi connectivity index (χ0n) is 8.80. The van der Waals surface area contributed by atoms with Gasteiger partial charge in [-0.25, -0.2) is 9.78 Å². The van der Waals surface area contributed by atoms with Crippen LogP contribution in [0.25, 0.3) is 0 Å². The number of aliphatic carboxylic acids is 1. The number of carboxylic acid groups (broad SMARTS) is 1. The smallest absolute Gasteiger partial charge is 0.326 e. The number of amides is 1. The average Bonchev–Trinajstić information content (AvgIpc) is 2.26. The average molecular weight is 223 g/mol. The van der Waals surface area contributed by atoms with Crippen molar-refractivity contribution < 1.29 is 14.7 Å². The molecule has 0 radical (unpaired) electrons. The SMILES string of the molecule is CCC(Nc1ccc(C(N)=O)cn1)C(=O)O. The van der Waals surface area contributed by atoms with E-state index >= 15 is 0 Å². The summed E-state index contributed by atoms with van der Waals surface area (Å²) in [6.45, 7) is 1.75. The highest BCUT2D eigenvalue weighted by molar-refractivity contribution is 5.92. The number of anilines is 1. The van der Waals surface area contributed by atoms with Crippen molar-refractivity contribution in [3.05, 3.63) is 23.9 Å². The fourth-order valence-corrected chi connectivity index (χ4v) is 1.14. The number of nitrogens with zero attached hydrogens (tertiary/aromatic N) is 1. The molecule has 0 spiro atoms. The summed E-state index contributed by atoms with van der Waals surface area (Å²) in [4.78, 5) is 25.4. The summed E-state index contributed by atoms with van der Waals surface area (Å²) in [6.07, 6.45) is 1.74. The summed E-state index contributed by atoms with van der Waals surface area (Å²) in [5, 5.41) is 11.5. The van der Waals surface area contributed by atoms with Crippen molar-refractivity contribution in [3.63, 3.8) is 0 Å². The van der Waals surface area contributed by atoms with Crippen LogP contribution in [-0.4, -0.2) is 28.0 Å². The van der Waals surface area contributed by atoms with Crippen molar-refractivity contribution in [2.75, 3.05) is 5.32 Å². The molecule has 1 aromatic rings. The van der Waals surface area contributed by atoms with Crippen LogP contribution >= 0.6 is 0 Å². The Bertz CT molecular complexity index is 389. The van der Waals surface area contributed by atoms with Crippen molar-refractivity contribution in [1.82, 2.24) is 4.98 Å². The third-order valence-electron chi connectivity index (χ3n) is 2.08. The zero-order valence-corrected chi connectivity index (χ0v) is 8.80. The monoisotopic (exact) mass is 223 g/mol. The second-order valence-electron chi connectivity index (χ2n) is 3.24. The summed E-state index contributed by atoms with van der Waals surface area (Å²) in [7, 11) is 0. The molecule has 6 nitrogen and oxygen atoms in total. The van der Waals surface area contributed by atoms with Gasteiger partial charge in [0.05, 0.1) is 5.56 Å². The lowest BCUT2D eigenvalue weighted by Gasteiger charge is -2.12. The Balaban J connectivity index is 2.75. The molecule has 1 unspecified atom stereocenters. The Morgan fingerprint density at radius 3 is 2.62 bits per heavy atom. The van der Waals surface area contributed by atoms with Gasteiger partial charge < -0.3 is 16.2 Å². The normalized spacial score (nSPS) is 11.8. The number of hydrogen-bond acceptors (Lipinski definition) is 4. The summed E-state index contributed by atoms with van der Waals surface area (Å²) in [5.74, 6) is -1.10. The molecule has 1 atom stereocenters. The van der Waals surface area contributed by atoms with Crippen LogP contribution in [0.2, 0.25) is 0 Å². The third kappa shape index (κ3) is 2.94. The highest BCUT2D eigenvalue weighted by atomic mass is 16.4. The first kappa shape index (κ1) is 12.0. The summed E-state index contributed by atoms with van der Waals surface area (Å²) in [6, 6.07) is 2.32. The van der Waals surface area contributed by atoms with Crippen molar-refractivity contribution in [1.29, 1.82) is 0 Å². The third-order valence-corrected chi connectivity index (χ3v) is 2.08. The number of nitrogens with one attached hydrogen (secondary N) is 1. The second kappa shape index (κ2) is 5.11. The Morgan fingerprint density at radius 1 is 1.56 bits per heavy atom. The Kier molecular flexibility index (Phi) is 3.82. The van der Waals surface area contributed by atoms with Crippen LogP contribution in [0.1, 0.15) is 23.7 Å². The van der Waals surface area contributed by atoms with Gasteiger partial charge in [0.25, 0.3) is 0 Å². The van der Waals surface area contributed by atoms with Gasteiger partial charge in [-0.2, -0.15) is 0 Å². The van der Waals surface area contributed by atoms with Gasteiger partial charge in [0.1, 0.15) is 11.9 Å². The van der Waals surface area contributed by atoms with Crippen LogP contribution in [0.5, 0.6) is 0 Å². The van der Waals surface area contributed by atoms with E-state index in [0.29, 0.717) is 12.2 Å². The first-order valence-corrected chi connectivity index (χ1v) is 4.79. The lowest BCUT2D eigenvalue weighted by atomic mass is 10.2. The molecular weight excluding hydrogens is 210 g/mol. The molecule has 0 aliphatic heterocycles. The highest BCUT2D eigenvalue weighted by Crippen LogP contribution is 2.07. The molecule has 1 heterocycles. The van der Waals surface area contributed by atoms with E-state index in [4.69, 9.17) is 10.8 Å². The fraction of sp³-hybridized carbons (Fsp3) is 0.300. The van der Waals surface area contributed by atoms with Crippen LogP contribution in [0.3, 0.4) is 0 Å². The van der Waals surface area contributed by atoms with Crippen molar-refractivity contribution in [2.45, 2.75) is 19.4 Å². The maximum atomic E-state index is 10.8. The van der Waals surface area contributed by atoms with E-state index < -0.39 is 17.9 Å². The minimum Gasteiger partial charge on any atom is -0.480 e. The van der Waals surface area contributed by atoms with Crippen LogP contribution in [-0.2, 0) is 4.79 Å². The molecule has 0 aliphatic carbocycles. The molecule has 0 bridgehead atoms. The van der Waals surface area contributed by atoms with E-state index in [2.05, 4.69) is 10.3 Å². The second-order valence-corrected chi connectivity index (χ2v) is 3.24. The Morgan fingerprint density at radius 2 is 2.25 bits per heavy atom. The Hall–Kier alpha value is -2.11. The number of carbonyl (C=O) groups excluding carboxylic acids is 1. The van der Waals surface area contributed by atoms with E-state index in [9.17, 15) is 9.59 Å². The predicted octanol–water partition coefficient (Wildman–Crippen LogP) is 0.456. The molecule has 4 N–H and O–H groups in total. The maximum absolute atomic E-state index is 10.8. The van der Waals surface area contributed by atoms with E-state index in [1.807, 2.05) is 0 Å². The maximum Gasteiger partial charge on any atom is 0.326 e. The summed E-state index contributed by atoms with van der Waals surface area (Å²) >= 11 is 0. The number of carboxylic acids is 1. The quantitative estimate of drug-likeness (QED) is 0.672. The lowest BCUT2D eigenvalue weighted by molar-refractivity contribution is -0.137. The van der Waals surface area contributed by atoms with E-state index in [-0.39, 0.29) is 5.56 Å². The molecule has 1 aromatic heterocycles. The molecular formula is C10H13N3O3. The van der Waals surface area contributed by atoms with Crippen molar-refractivity contribution in [2.24, 2.45) is 5.73 Å². The van der Waals surface area contributed by atoms with Gasteiger partial charge in [-0.3, -0.25) is 4.79 Å². The number of carbonyl (C=O) groups is 2. The number of nitrogens with two attached hydrogens (primary N) is 1. The van der Waals surface area contributed by atoms with Gasteiger partial charge in [-0.05, 0) is 18.6 Å². The lowest BCUT2D eigenvalue weighted by Crippen LogP contribution is -2.28. The van der Waals surface area contributed by atoms with Gasteiger partial charge in [-0.1, -0.05) is 6.92 Å². The van der Waals surface area contributed by atoms with Gasteiger partial charge in [0, 0.05) is 6.20 Å². The molecule has 16 heavy (non-hydrogen) atoms. The predicted molar refractivity (Wildman–Crippen MR) is 58.1 cm³/mol. The van der Waals surface area contributed by atoms with E-state index in [0.717, 1.165) is 0 Å². The molecule has 0 fully saturated rings. The fourth-order valence-electron chi connectivity index (χ4n) is 1.14. The molecule has 6 heteroatoms. The molecule has 1 rings (SSSR count). The van der Waals surface area contributed by atoms with Gasteiger partial charge in [-0.15, -0.1) is 0 Å². The number of hydrogen-bond donors (Lipinski definition) is 3. The van der Waals surface area contributed by atoms with Crippen LogP contribution in [0.15, 0.2) is 18.3 Å². The summed E-state index contributed by atoms with van der Waals surface area (Å²) < 4.78 is 0. The summed E-state index contributed by atoms with van der Waals surface area (Å²) in [5.41, 5.74) is 5.33. The molecule has 0 aliphatic rings. The number of primary amides is 1. The van der Waals surface area contributed by atoms with Gasteiger partial charge >= 0.3 is 5.97 Å². The minimum absolute atomic E-state index is 0.286. The van der Waals surface area contributed by atoms with E-state index in [1.165, 1.54) is 18.3 Å². The van der Waals surface area contributed by atoms with Crippen LogP contribution in [0.4, 0.5) is 5.82 Å². The van der Waals surface area contributed by atoms with Gasteiger partial charge in [0.2, 0.25) is 5.91 Å². The van der Waals surface area contributed by atoms with Crippen molar-refractivity contribution in [3.8, 4) is 0 Å². The molecule has 0 saturated heterocycles. The molecule has 0 saturated carbocycles. The van der Waals surface area contributed by atoms with Crippen LogP contribution in [0, 0.1) is 0 Å².